The van der Waals surface area contributed by atoms with Crippen LogP contribution in [0.5, 0.6) is 0 Å². The predicted octanol–water partition coefficient (Wildman–Crippen LogP) is -0.0217. The summed E-state index contributed by atoms with van der Waals surface area (Å²) in [6.07, 6.45) is 1.90. The molecule has 6 nitrogen and oxygen atoms in total. The van der Waals surface area contributed by atoms with Gasteiger partial charge in [-0.2, -0.15) is 0 Å². The Morgan fingerprint density at radius 2 is 2.28 bits per heavy atom. The van der Waals surface area contributed by atoms with E-state index in [0.29, 0.717) is 32.2 Å². The summed E-state index contributed by atoms with van der Waals surface area (Å²) >= 11 is 0. The fraction of sp³-hybridized carbons (Fsp3) is 0.750. The van der Waals surface area contributed by atoms with Crippen LogP contribution in [-0.4, -0.2) is 46.9 Å². The summed E-state index contributed by atoms with van der Waals surface area (Å²) < 4.78 is 0. The van der Waals surface area contributed by atoms with E-state index < -0.39 is 17.4 Å². The Labute approximate surface area is 105 Å². The number of likely N-dealkylation sites (tertiary alicyclic amines) is 1. The molecule has 0 aromatic rings. The van der Waals surface area contributed by atoms with Crippen LogP contribution in [0.4, 0.5) is 0 Å². The van der Waals surface area contributed by atoms with Crippen molar-refractivity contribution in [1.82, 2.24) is 10.2 Å². The van der Waals surface area contributed by atoms with E-state index in [1.165, 1.54) is 0 Å². The Morgan fingerprint density at radius 3 is 2.72 bits per heavy atom. The van der Waals surface area contributed by atoms with Gasteiger partial charge >= 0.3 is 5.97 Å². The molecule has 2 rings (SSSR count). The Hall–Kier alpha value is -1.59. The number of carboxylic acid groups (broad SMARTS) is 1. The third-order valence-electron chi connectivity index (χ3n) is 4.09. The summed E-state index contributed by atoms with van der Waals surface area (Å²) in [5.41, 5.74) is -0.807. The lowest BCUT2D eigenvalue weighted by atomic mass is 9.84. The van der Waals surface area contributed by atoms with Gasteiger partial charge < -0.3 is 15.3 Å². The Balaban J connectivity index is 2.02. The van der Waals surface area contributed by atoms with Crippen LogP contribution in [0.1, 0.15) is 32.6 Å². The summed E-state index contributed by atoms with van der Waals surface area (Å²) in [5, 5.41) is 11.9. The fourth-order valence-electron chi connectivity index (χ4n) is 2.69. The molecule has 0 spiro atoms. The zero-order valence-corrected chi connectivity index (χ0v) is 10.4. The van der Waals surface area contributed by atoms with E-state index >= 15 is 0 Å². The number of carbonyl (C=O) groups is 3. The van der Waals surface area contributed by atoms with Crippen molar-refractivity contribution in [3.05, 3.63) is 0 Å². The maximum Gasteiger partial charge on any atom is 0.311 e. The van der Waals surface area contributed by atoms with E-state index in [4.69, 9.17) is 0 Å². The highest BCUT2D eigenvalue weighted by molar-refractivity contribution is 5.91. The number of amides is 2. The molecular formula is C12H18N2O4. The van der Waals surface area contributed by atoms with Gasteiger partial charge in [-0.3, -0.25) is 14.4 Å². The van der Waals surface area contributed by atoms with Crippen molar-refractivity contribution in [2.75, 3.05) is 13.1 Å². The summed E-state index contributed by atoms with van der Waals surface area (Å²) in [6.45, 7) is 2.55. The molecule has 1 unspecified atom stereocenters. The average molecular weight is 254 g/mol. The van der Waals surface area contributed by atoms with Crippen molar-refractivity contribution in [3.8, 4) is 0 Å². The molecule has 2 amide bonds. The first-order valence-electron chi connectivity index (χ1n) is 6.30. The minimum Gasteiger partial charge on any atom is -0.481 e. The number of nitrogens with one attached hydrogen (secondary N) is 1. The number of hydrogen-bond acceptors (Lipinski definition) is 3. The highest BCUT2D eigenvalue weighted by Gasteiger charge is 2.46. The first-order chi connectivity index (χ1) is 8.48. The summed E-state index contributed by atoms with van der Waals surface area (Å²) in [4.78, 5) is 36.1. The van der Waals surface area contributed by atoms with Crippen molar-refractivity contribution < 1.29 is 19.5 Å². The van der Waals surface area contributed by atoms with Crippen LogP contribution in [0, 0.1) is 5.41 Å². The quantitative estimate of drug-likeness (QED) is 0.741. The normalized spacial score (nSPS) is 31.5. The zero-order chi connectivity index (χ0) is 13.3. The van der Waals surface area contributed by atoms with Gasteiger partial charge in [-0.05, 0) is 19.3 Å². The second-order valence-corrected chi connectivity index (χ2v) is 5.11. The van der Waals surface area contributed by atoms with Crippen LogP contribution in [0.3, 0.4) is 0 Å². The van der Waals surface area contributed by atoms with Crippen molar-refractivity contribution in [2.24, 2.45) is 5.41 Å². The molecule has 2 fully saturated rings. The van der Waals surface area contributed by atoms with Crippen LogP contribution >= 0.6 is 0 Å². The monoisotopic (exact) mass is 254 g/mol. The minimum absolute atomic E-state index is 0.104. The second kappa shape index (κ2) is 4.59. The van der Waals surface area contributed by atoms with E-state index in [1.807, 2.05) is 6.92 Å². The molecule has 2 atom stereocenters. The van der Waals surface area contributed by atoms with Crippen LogP contribution in [-0.2, 0) is 14.4 Å². The van der Waals surface area contributed by atoms with Gasteiger partial charge in [0.05, 0.1) is 5.41 Å². The molecule has 2 N–H and O–H groups in total. The van der Waals surface area contributed by atoms with Gasteiger partial charge in [-0.15, -0.1) is 0 Å². The molecule has 0 aromatic heterocycles. The second-order valence-electron chi connectivity index (χ2n) is 5.11. The molecule has 0 aromatic carbocycles. The molecule has 100 valence electrons. The van der Waals surface area contributed by atoms with Crippen LogP contribution in [0.2, 0.25) is 0 Å². The maximum atomic E-state index is 12.1. The van der Waals surface area contributed by atoms with Crippen molar-refractivity contribution >= 4 is 17.8 Å². The molecule has 0 radical (unpaired) electrons. The van der Waals surface area contributed by atoms with E-state index in [0.717, 1.165) is 0 Å². The van der Waals surface area contributed by atoms with Gasteiger partial charge in [0.15, 0.2) is 0 Å². The van der Waals surface area contributed by atoms with E-state index in [9.17, 15) is 19.5 Å². The molecule has 2 aliphatic rings. The number of carboxylic acids is 1. The Morgan fingerprint density at radius 1 is 1.56 bits per heavy atom. The number of rotatable bonds is 3. The Bertz CT molecular complexity index is 396. The lowest BCUT2D eigenvalue weighted by Gasteiger charge is -2.24. The SMILES string of the molecule is CCC1(C(=O)O)CCN(C(=O)[C@@H]2CCC(=O)N2)C1. The minimum atomic E-state index is -0.837. The summed E-state index contributed by atoms with van der Waals surface area (Å²) in [5.74, 6) is -1.08. The van der Waals surface area contributed by atoms with Gasteiger partial charge in [-0.1, -0.05) is 6.92 Å². The third kappa shape index (κ3) is 2.07. The highest BCUT2D eigenvalue weighted by atomic mass is 16.4. The number of nitrogens with zero attached hydrogens (tertiary/aromatic N) is 1. The predicted molar refractivity (Wildman–Crippen MR) is 62.7 cm³/mol. The van der Waals surface area contributed by atoms with Gasteiger partial charge in [0.1, 0.15) is 6.04 Å². The molecule has 0 bridgehead atoms. The molecule has 0 saturated carbocycles. The molecular weight excluding hydrogens is 236 g/mol. The largest absolute Gasteiger partial charge is 0.481 e. The average Bonchev–Trinajstić information content (AvgIpc) is 2.95. The van der Waals surface area contributed by atoms with Gasteiger partial charge in [0.25, 0.3) is 0 Å². The van der Waals surface area contributed by atoms with Gasteiger partial charge in [0.2, 0.25) is 11.8 Å². The number of aliphatic carboxylic acids is 1. The summed E-state index contributed by atoms with van der Waals surface area (Å²) in [7, 11) is 0. The molecule has 2 aliphatic heterocycles. The first-order valence-corrected chi connectivity index (χ1v) is 6.30. The lowest BCUT2D eigenvalue weighted by molar-refractivity contribution is -0.149. The molecule has 2 heterocycles. The van der Waals surface area contributed by atoms with Crippen molar-refractivity contribution in [2.45, 2.75) is 38.6 Å². The van der Waals surface area contributed by atoms with Crippen molar-refractivity contribution in [3.63, 3.8) is 0 Å². The smallest absolute Gasteiger partial charge is 0.311 e. The third-order valence-corrected chi connectivity index (χ3v) is 4.09. The highest BCUT2D eigenvalue weighted by Crippen LogP contribution is 2.34. The molecule has 2 saturated heterocycles. The first kappa shape index (κ1) is 12.9. The Kier molecular flexibility index (Phi) is 3.28. The molecule has 18 heavy (non-hydrogen) atoms. The van der Waals surface area contributed by atoms with Crippen LogP contribution < -0.4 is 5.32 Å². The van der Waals surface area contributed by atoms with Gasteiger partial charge in [0, 0.05) is 19.5 Å². The van der Waals surface area contributed by atoms with E-state index in [2.05, 4.69) is 5.32 Å². The number of hydrogen-bond donors (Lipinski definition) is 2. The van der Waals surface area contributed by atoms with Crippen LogP contribution in [0.15, 0.2) is 0 Å². The molecule has 6 heteroatoms. The topological polar surface area (TPSA) is 86.7 Å². The van der Waals surface area contributed by atoms with E-state index in [-0.39, 0.29) is 18.4 Å². The number of carbonyl (C=O) groups excluding carboxylic acids is 2. The lowest BCUT2D eigenvalue weighted by Crippen LogP contribution is -2.45. The molecule has 0 aliphatic carbocycles. The summed E-state index contributed by atoms with van der Waals surface area (Å²) in [6, 6.07) is -0.459. The van der Waals surface area contributed by atoms with Gasteiger partial charge in [-0.25, -0.2) is 0 Å². The maximum absolute atomic E-state index is 12.1. The van der Waals surface area contributed by atoms with E-state index in [1.54, 1.807) is 4.90 Å². The zero-order valence-electron chi connectivity index (χ0n) is 10.4. The standard InChI is InChI=1S/C12H18N2O4/c1-2-12(11(17)18)5-6-14(7-12)10(16)8-3-4-9(15)13-8/h8H,2-7H2,1H3,(H,13,15)(H,17,18)/t8-,12?/m0/s1. The van der Waals surface area contributed by atoms with Crippen LogP contribution in [0.25, 0.3) is 0 Å². The van der Waals surface area contributed by atoms with Crippen molar-refractivity contribution in [1.29, 1.82) is 0 Å². The fourth-order valence-corrected chi connectivity index (χ4v) is 2.69.